The van der Waals surface area contributed by atoms with Crippen LogP contribution in [0.15, 0.2) is 28.8 Å². The normalized spacial score (nSPS) is 13.1. The molecule has 0 radical (unpaired) electrons. The second kappa shape index (κ2) is 3.35. The molecule has 0 aliphatic heterocycles. The van der Waals surface area contributed by atoms with Gasteiger partial charge >= 0.3 is 0 Å². The van der Waals surface area contributed by atoms with Crippen molar-refractivity contribution in [3.63, 3.8) is 0 Å². The van der Waals surface area contributed by atoms with Crippen molar-refractivity contribution in [2.75, 3.05) is 0 Å². The Bertz CT molecular complexity index is 414. The van der Waals surface area contributed by atoms with E-state index in [1.807, 2.05) is 32.0 Å². The van der Waals surface area contributed by atoms with Crippen molar-refractivity contribution in [3.05, 3.63) is 47.2 Å². The predicted molar refractivity (Wildman–Crippen MR) is 53.0 cm³/mol. The van der Waals surface area contributed by atoms with Crippen molar-refractivity contribution >= 4 is 0 Å². The maximum absolute atomic E-state index is 9.98. The molecule has 74 valence electrons. The third-order valence-corrected chi connectivity index (χ3v) is 2.29. The molecule has 2 rings (SSSR count). The average molecular weight is 191 g/mol. The predicted octanol–water partition coefficient (Wildman–Crippen LogP) is 2.31. The number of aliphatic hydroxyl groups excluding tert-OH is 1. The molecule has 1 unspecified atom stereocenters. The van der Waals surface area contributed by atoms with Gasteiger partial charge in [-0.05, 0) is 32.0 Å². The Morgan fingerprint density at radius 3 is 2.71 bits per heavy atom. The zero-order chi connectivity index (χ0) is 10.1. The van der Waals surface area contributed by atoms with Crippen LogP contribution in [0.3, 0.4) is 0 Å². The minimum Gasteiger partial charge on any atom is -0.466 e. The summed E-state index contributed by atoms with van der Waals surface area (Å²) in [6, 6.07) is 5.58. The molecule has 2 aromatic rings. The second-order valence-electron chi connectivity index (χ2n) is 3.40. The molecule has 0 spiro atoms. The summed E-state index contributed by atoms with van der Waals surface area (Å²) < 4.78 is 5.36. The minimum absolute atomic E-state index is 0.623. The van der Waals surface area contributed by atoms with Gasteiger partial charge in [0.15, 0.2) is 0 Å². The van der Waals surface area contributed by atoms with E-state index in [4.69, 9.17) is 4.42 Å². The number of furan rings is 1. The third kappa shape index (κ3) is 1.46. The molecule has 1 atom stereocenters. The van der Waals surface area contributed by atoms with Gasteiger partial charge in [-0.1, -0.05) is 0 Å². The molecule has 0 bridgehead atoms. The Balaban J connectivity index is 2.36. The Morgan fingerprint density at radius 1 is 1.43 bits per heavy atom. The van der Waals surface area contributed by atoms with Crippen molar-refractivity contribution in [2.24, 2.45) is 0 Å². The number of H-pyrrole nitrogens is 1. The largest absolute Gasteiger partial charge is 0.466 e. The summed E-state index contributed by atoms with van der Waals surface area (Å²) in [5, 5.41) is 9.98. The molecule has 0 aliphatic rings. The molecular formula is C11H13NO2. The van der Waals surface area contributed by atoms with Crippen molar-refractivity contribution < 1.29 is 9.52 Å². The lowest BCUT2D eigenvalue weighted by Gasteiger charge is -2.06. The van der Waals surface area contributed by atoms with E-state index >= 15 is 0 Å². The lowest BCUT2D eigenvalue weighted by molar-refractivity contribution is 0.213. The number of aromatic nitrogens is 1. The molecule has 3 heteroatoms. The van der Waals surface area contributed by atoms with E-state index in [-0.39, 0.29) is 0 Å². The zero-order valence-electron chi connectivity index (χ0n) is 8.24. The van der Waals surface area contributed by atoms with Crippen LogP contribution in [0, 0.1) is 13.8 Å². The van der Waals surface area contributed by atoms with Crippen LogP contribution >= 0.6 is 0 Å². The molecule has 3 nitrogen and oxygen atoms in total. The average Bonchev–Trinajstić information content (AvgIpc) is 2.73. The van der Waals surface area contributed by atoms with Gasteiger partial charge in [-0.2, -0.15) is 0 Å². The Labute approximate surface area is 82.4 Å². The second-order valence-corrected chi connectivity index (χ2v) is 3.40. The van der Waals surface area contributed by atoms with E-state index in [2.05, 4.69) is 4.98 Å². The highest BCUT2D eigenvalue weighted by Crippen LogP contribution is 2.25. The van der Waals surface area contributed by atoms with Crippen molar-refractivity contribution in [2.45, 2.75) is 20.0 Å². The number of aryl methyl sites for hydroxylation is 2. The fourth-order valence-corrected chi connectivity index (χ4v) is 1.60. The van der Waals surface area contributed by atoms with E-state index in [1.165, 1.54) is 0 Å². The number of rotatable bonds is 2. The first kappa shape index (κ1) is 9.09. The summed E-state index contributed by atoms with van der Waals surface area (Å²) in [7, 11) is 0. The molecule has 2 heterocycles. The minimum atomic E-state index is -0.623. The van der Waals surface area contributed by atoms with Gasteiger partial charge in [0.05, 0.1) is 0 Å². The van der Waals surface area contributed by atoms with Gasteiger partial charge in [0.1, 0.15) is 17.6 Å². The summed E-state index contributed by atoms with van der Waals surface area (Å²) in [5.74, 6) is 1.59. The first-order chi connectivity index (χ1) is 6.68. The van der Waals surface area contributed by atoms with E-state index in [9.17, 15) is 5.11 Å². The number of aliphatic hydroxyl groups is 1. The van der Waals surface area contributed by atoms with Gasteiger partial charge in [0.25, 0.3) is 0 Å². The fraction of sp³-hybridized carbons (Fsp3) is 0.273. The van der Waals surface area contributed by atoms with Crippen molar-refractivity contribution in [1.82, 2.24) is 4.98 Å². The highest BCUT2D eigenvalue weighted by molar-refractivity contribution is 5.29. The van der Waals surface area contributed by atoms with Crippen molar-refractivity contribution in [1.29, 1.82) is 0 Å². The van der Waals surface area contributed by atoms with Gasteiger partial charge in [-0.15, -0.1) is 0 Å². The van der Waals surface area contributed by atoms with Crippen molar-refractivity contribution in [3.8, 4) is 0 Å². The van der Waals surface area contributed by atoms with E-state index in [0.29, 0.717) is 0 Å². The Kier molecular flexibility index (Phi) is 2.17. The summed E-state index contributed by atoms with van der Waals surface area (Å²) >= 11 is 0. The maximum atomic E-state index is 9.98. The molecule has 14 heavy (non-hydrogen) atoms. The van der Waals surface area contributed by atoms with Gasteiger partial charge in [-0.25, -0.2) is 0 Å². The summed E-state index contributed by atoms with van der Waals surface area (Å²) in [6.07, 6.45) is 1.17. The Hall–Kier alpha value is -1.48. The lowest BCUT2D eigenvalue weighted by Crippen LogP contribution is -1.99. The monoisotopic (exact) mass is 191 g/mol. The molecule has 0 aliphatic carbocycles. The molecule has 0 saturated carbocycles. The molecule has 2 N–H and O–H groups in total. The van der Waals surface area contributed by atoms with E-state index < -0.39 is 6.10 Å². The number of hydrogen-bond donors (Lipinski definition) is 2. The lowest BCUT2D eigenvalue weighted by atomic mass is 10.1. The number of hydrogen-bond acceptors (Lipinski definition) is 2. The molecule has 0 amide bonds. The Morgan fingerprint density at radius 2 is 2.21 bits per heavy atom. The van der Waals surface area contributed by atoms with Crippen LogP contribution in [0.5, 0.6) is 0 Å². The van der Waals surface area contributed by atoms with Crippen LogP contribution < -0.4 is 0 Å². The zero-order valence-corrected chi connectivity index (χ0v) is 8.24. The van der Waals surface area contributed by atoms with Crippen LogP contribution in [0.25, 0.3) is 0 Å². The van der Waals surface area contributed by atoms with E-state index in [0.717, 1.165) is 22.8 Å². The molecule has 0 aromatic carbocycles. The highest BCUT2D eigenvalue weighted by Gasteiger charge is 2.16. The quantitative estimate of drug-likeness (QED) is 0.765. The van der Waals surface area contributed by atoms with Gasteiger partial charge in [0, 0.05) is 17.5 Å². The summed E-state index contributed by atoms with van der Waals surface area (Å²) in [4.78, 5) is 2.98. The SMILES string of the molecule is Cc1cc(C(O)c2ccc[nH]2)c(C)o1. The van der Waals surface area contributed by atoms with Crippen LogP contribution in [-0.4, -0.2) is 10.1 Å². The first-order valence-corrected chi connectivity index (χ1v) is 4.57. The van der Waals surface area contributed by atoms with Gasteiger partial charge in [0.2, 0.25) is 0 Å². The maximum Gasteiger partial charge on any atom is 0.122 e. The smallest absolute Gasteiger partial charge is 0.122 e. The van der Waals surface area contributed by atoms with Crippen LogP contribution in [0.4, 0.5) is 0 Å². The number of aromatic amines is 1. The molecule has 2 aromatic heterocycles. The topological polar surface area (TPSA) is 49.2 Å². The fourth-order valence-electron chi connectivity index (χ4n) is 1.60. The molecule has 0 saturated heterocycles. The van der Waals surface area contributed by atoms with Gasteiger partial charge in [-0.3, -0.25) is 0 Å². The first-order valence-electron chi connectivity index (χ1n) is 4.57. The van der Waals surface area contributed by atoms with Gasteiger partial charge < -0.3 is 14.5 Å². The summed E-state index contributed by atoms with van der Waals surface area (Å²) in [6.45, 7) is 3.73. The standard InChI is InChI=1S/C11H13NO2/c1-7-6-9(8(2)14-7)11(13)10-4-3-5-12-10/h3-6,11-13H,1-2H3. The number of nitrogens with one attached hydrogen (secondary N) is 1. The molecule has 0 fully saturated rings. The molecular weight excluding hydrogens is 178 g/mol. The van der Waals surface area contributed by atoms with Crippen LogP contribution in [-0.2, 0) is 0 Å². The summed E-state index contributed by atoms with van der Waals surface area (Å²) in [5.41, 5.74) is 1.61. The van der Waals surface area contributed by atoms with Crippen LogP contribution in [0.2, 0.25) is 0 Å². The third-order valence-electron chi connectivity index (χ3n) is 2.29. The van der Waals surface area contributed by atoms with Crippen LogP contribution in [0.1, 0.15) is 28.9 Å². The highest BCUT2D eigenvalue weighted by atomic mass is 16.3. The van der Waals surface area contributed by atoms with E-state index in [1.54, 1.807) is 6.20 Å².